The number of amides is 1. The van der Waals surface area contributed by atoms with E-state index in [0.29, 0.717) is 12.6 Å². The third-order valence-corrected chi connectivity index (χ3v) is 4.15. The third kappa shape index (κ3) is 3.51. The lowest BCUT2D eigenvalue weighted by molar-refractivity contribution is -0.130. The predicted octanol–water partition coefficient (Wildman–Crippen LogP) is 1.93. The monoisotopic (exact) mass is 275 g/mol. The summed E-state index contributed by atoms with van der Waals surface area (Å²) in [5, 5.41) is 6.58. The number of benzene rings is 1. The Morgan fingerprint density at radius 1 is 1.25 bits per heavy atom. The van der Waals surface area contributed by atoms with Crippen molar-refractivity contribution >= 4 is 11.6 Å². The Morgan fingerprint density at radius 3 is 2.40 bits per heavy atom. The number of anilines is 1. The van der Waals surface area contributed by atoms with E-state index >= 15 is 0 Å². The first-order valence-corrected chi connectivity index (χ1v) is 7.37. The van der Waals surface area contributed by atoms with Crippen molar-refractivity contribution < 1.29 is 4.79 Å². The van der Waals surface area contributed by atoms with Crippen LogP contribution in [0.5, 0.6) is 0 Å². The van der Waals surface area contributed by atoms with Crippen LogP contribution in [0.3, 0.4) is 0 Å². The quantitative estimate of drug-likeness (QED) is 0.882. The molecule has 0 saturated carbocycles. The lowest BCUT2D eigenvalue weighted by Gasteiger charge is -2.32. The van der Waals surface area contributed by atoms with E-state index in [1.807, 2.05) is 18.0 Å². The average Bonchev–Trinajstić information content (AvgIpc) is 2.46. The van der Waals surface area contributed by atoms with E-state index in [2.05, 4.69) is 36.6 Å². The standard InChI is InChI=1S/C16H25N3O/c1-12-5-4-6-13(2)16(12)18-11-15(20)19-9-7-14(17-3)8-10-19/h4-6,14,17-18H,7-11H2,1-3H3. The summed E-state index contributed by atoms with van der Waals surface area (Å²) in [5.41, 5.74) is 3.46. The highest BCUT2D eigenvalue weighted by Crippen LogP contribution is 2.19. The lowest BCUT2D eigenvalue weighted by Crippen LogP contribution is -2.45. The van der Waals surface area contributed by atoms with Gasteiger partial charge in [-0.2, -0.15) is 0 Å². The minimum absolute atomic E-state index is 0.196. The maximum Gasteiger partial charge on any atom is 0.241 e. The van der Waals surface area contributed by atoms with Crippen LogP contribution in [-0.4, -0.2) is 43.5 Å². The molecule has 0 aromatic heterocycles. The van der Waals surface area contributed by atoms with Gasteiger partial charge in [0.15, 0.2) is 0 Å². The topological polar surface area (TPSA) is 44.4 Å². The first kappa shape index (κ1) is 14.9. The molecular formula is C16H25N3O. The number of carbonyl (C=O) groups excluding carboxylic acids is 1. The summed E-state index contributed by atoms with van der Waals surface area (Å²) in [4.78, 5) is 14.2. The fraction of sp³-hybridized carbons (Fsp3) is 0.562. The van der Waals surface area contributed by atoms with E-state index in [0.717, 1.165) is 31.6 Å². The van der Waals surface area contributed by atoms with Gasteiger partial charge in [0.1, 0.15) is 0 Å². The number of piperidine rings is 1. The molecule has 1 aliphatic heterocycles. The molecule has 1 fully saturated rings. The number of likely N-dealkylation sites (tertiary alicyclic amines) is 1. The molecular weight excluding hydrogens is 250 g/mol. The molecule has 0 atom stereocenters. The molecule has 1 heterocycles. The predicted molar refractivity (Wildman–Crippen MR) is 83.1 cm³/mol. The van der Waals surface area contributed by atoms with Crippen LogP contribution < -0.4 is 10.6 Å². The van der Waals surface area contributed by atoms with Gasteiger partial charge >= 0.3 is 0 Å². The number of carbonyl (C=O) groups is 1. The summed E-state index contributed by atoms with van der Waals surface area (Å²) in [6, 6.07) is 6.74. The largest absolute Gasteiger partial charge is 0.376 e. The molecule has 0 aliphatic carbocycles. The van der Waals surface area contributed by atoms with Gasteiger partial charge in [-0.05, 0) is 44.9 Å². The van der Waals surface area contributed by atoms with E-state index in [4.69, 9.17) is 0 Å². The molecule has 1 amide bonds. The summed E-state index contributed by atoms with van der Waals surface area (Å²) in [6.07, 6.45) is 2.09. The molecule has 0 spiro atoms. The third-order valence-electron chi connectivity index (χ3n) is 4.15. The van der Waals surface area contributed by atoms with Gasteiger partial charge in [-0.25, -0.2) is 0 Å². The lowest BCUT2D eigenvalue weighted by atomic mass is 10.1. The van der Waals surface area contributed by atoms with E-state index in [1.165, 1.54) is 11.1 Å². The normalized spacial score (nSPS) is 16.2. The number of hydrogen-bond donors (Lipinski definition) is 2. The smallest absolute Gasteiger partial charge is 0.241 e. The van der Waals surface area contributed by atoms with Crippen LogP contribution in [0.1, 0.15) is 24.0 Å². The number of nitrogens with zero attached hydrogens (tertiary/aromatic N) is 1. The Balaban J connectivity index is 1.87. The van der Waals surface area contributed by atoms with Crippen molar-refractivity contribution in [2.75, 3.05) is 32.0 Å². The van der Waals surface area contributed by atoms with Gasteiger partial charge < -0.3 is 15.5 Å². The van der Waals surface area contributed by atoms with Crippen molar-refractivity contribution in [3.8, 4) is 0 Å². The highest BCUT2D eigenvalue weighted by molar-refractivity contribution is 5.81. The first-order valence-electron chi connectivity index (χ1n) is 7.37. The van der Waals surface area contributed by atoms with Gasteiger partial charge in [0.05, 0.1) is 6.54 Å². The number of para-hydroxylation sites is 1. The van der Waals surface area contributed by atoms with E-state index < -0.39 is 0 Å². The molecule has 1 aliphatic rings. The van der Waals surface area contributed by atoms with Crippen LogP contribution in [0.25, 0.3) is 0 Å². The van der Waals surface area contributed by atoms with Crippen molar-refractivity contribution in [1.82, 2.24) is 10.2 Å². The zero-order valence-electron chi connectivity index (χ0n) is 12.7. The zero-order valence-corrected chi connectivity index (χ0v) is 12.7. The van der Waals surface area contributed by atoms with Gasteiger partial charge in [-0.3, -0.25) is 4.79 Å². The Kier molecular flexibility index (Phi) is 5.01. The summed E-state index contributed by atoms with van der Waals surface area (Å²) in [5.74, 6) is 0.196. The Morgan fingerprint density at radius 2 is 1.85 bits per heavy atom. The van der Waals surface area contributed by atoms with Gasteiger partial charge in [0, 0.05) is 24.8 Å². The fourth-order valence-corrected chi connectivity index (χ4v) is 2.79. The molecule has 110 valence electrons. The molecule has 2 rings (SSSR count). The van der Waals surface area contributed by atoms with E-state index in [9.17, 15) is 4.79 Å². The SMILES string of the molecule is CNC1CCN(C(=O)CNc2c(C)cccc2C)CC1. The van der Waals surface area contributed by atoms with Gasteiger partial charge in [0.2, 0.25) is 5.91 Å². The van der Waals surface area contributed by atoms with E-state index in [-0.39, 0.29) is 5.91 Å². The Bertz CT molecular complexity index is 445. The highest BCUT2D eigenvalue weighted by atomic mass is 16.2. The zero-order chi connectivity index (χ0) is 14.5. The minimum Gasteiger partial charge on any atom is -0.376 e. The number of hydrogen-bond acceptors (Lipinski definition) is 3. The van der Waals surface area contributed by atoms with Gasteiger partial charge in [-0.1, -0.05) is 18.2 Å². The summed E-state index contributed by atoms with van der Waals surface area (Å²) in [7, 11) is 1.99. The van der Waals surface area contributed by atoms with Crippen molar-refractivity contribution in [3.63, 3.8) is 0 Å². The van der Waals surface area contributed by atoms with E-state index in [1.54, 1.807) is 0 Å². The summed E-state index contributed by atoms with van der Waals surface area (Å²) >= 11 is 0. The molecule has 0 bridgehead atoms. The van der Waals surface area contributed by atoms with Crippen molar-refractivity contribution in [1.29, 1.82) is 0 Å². The number of aryl methyl sites for hydroxylation is 2. The van der Waals surface area contributed by atoms with Crippen LogP contribution in [0.15, 0.2) is 18.2 Å². The first-order chi connectivity index (χ1) is 9.61. The number of rotatable bonds is 4. The van der Waals surface area contributed by atoms with Crippen LogP contribution in [-0.2, 0) is 4.79 Å². The van der Waals surface area contributed by atoms with Crippen LogP contribution in [0.4, 0.5) is 5.69 Å². The van der Waals surface area contributed by atoms with Crippen molar-refractivity contribution in [3.05, 3.63) is 29.3 Å². The average molecular weight is 275 g/mol. The molecule has 1 aromatic rings. The maximum atomic E-state index is 12.2. The second-order valence-electron chi connectivity index (χ2n) is 5.56. The molecule has 4 nitrogen and oxygen atoms in total. The minimum atomic E-state index is 0.196. The molecule has 0 radical (unpaired) electrons. The van der Waals surface area contributed by atoms with Gasteiger partial charge in [0.25, 0.3) is 0 Å². The van der Waals surface area contributed by atoms with Crippen molar-refractivity contribution in [2.45, 2.75) is 32.7 Å². The maximum absolute atomic E-state index is 12.2. The fourth-order valence-electron chi connectivity index (χ4n) is 2.79. The van der Waals surface area contributed by atoms with Gasteiger partial charge in [-0.15, -0.1) is 0 Å². The molecule has 1 saturated heterocycles. The van der Waals surface area contributed by atoms with Crippen LogP contribution in [0, 0.1) is 13.8 Å². The molecule has 2 N–H and O–H groups in total. The molecule has 20 heavy (non-hydrogen) atoms. The molecule has 0 unspecified atom stereocenters. The number of nitrogens with one attached hydrogen (secondary N) is 2. The Hall–Kier alpha value is -1.55. The summed E-state index contributed by atoms with van der Waals surface area (Å²) < 4.78 is 0. The second-order valence-corrected chi connectivity index (χ2v) is 5.56. The van der Waals surface area contributed by atoms with Crippen LogP contribution >= 0.6 is 0 Å². The second kappa shape index (κ2) is 6.75. The highest BCUT2D eigenvalue weighted by Gasteiger charge is 2.21. The molecule has 4 heteroatoms. The Labute approximate surface area is 121 Å². The van der Waals surface area contributed by atoms with Crippen molar-refractivity contribution in [2.24, 2.45) is 0 Å². The summed E-state index contributed by atoms with van der Waals surface area (Å²) in [6.45, 7) is 6.24. The molecule has 1 aromatic carbocycles. The van der Waals surface area contributed by atoms with Crippen LogP contribution in [0.2, 0.25) is 0 Å².